The summed E-state index contributed by atoms with van der Waals surface area (Å²) >= 11 is -0.0783. The summed E-state index contributed by atoms with van der Waals surface area (Å²) in [5, 5.41) is -2.22. The molecule has 0 aliphatic carbocycles. The number of carbonyl (C=O) groups excluding carboxylic acids is 1. The Morgan fingerprint density at radius 3 is 1.89 bits per heavy atom. The molecule has 1 nitrogen and oxygen atoms in total. The van der Waals surface area contributed by atoms with Gasteiger partial charge in [0.05, 0.1) is 0 Å². The monoisotopic (exact) mass is 284 g/mol. The number of hydrogen-bond donors (Lipinski definition) is 0. The summed E-state index contributed by atoms with van der Waals surface area (Å²) in [4.78, 5) is 11.2. The van der Waals surface area contributed by atoms with Crippen LogP contribution in [-0.2, 0) is 4.79 Å². The molecule has 0 fully saturated rings. The summed E-state index contributed by atoms with van der Waals surface area (Å²) in [6, 6.07) is 4.70. The molecular weight excluding hydrogens is 275 g/mol. The van der Waals surface area contributed by atoms with E-state index in [1.54, 1.807) is 6.07 Å². The van der Waals surface area contributed by atoms with Crippen LogP contribution in [0.5, 0.6) is 0 Å². The number of hydrogen-bond acceptors (Lipinski definition) is 2. The molecule has 0 saturated carbocycles. The van der Waals surface area contributed by atoms with Crippen LogP contribution in [0.4, 0.5) is 22.0 Å². The van der Waals surface area contributed by atoms with Crippen LogP contribution in [0, 0.1) is 13.8 Å². The molecule has 1 aromatic carbocycles. The number of thioether (sulfide) groups is 1. The SMILES string of the molecule is Cc1cccc(C)c1SC(=O)C(F)(F)C(F)(F)F. The first-order valence-corrected chi connectivity index (χ1v) is 5.62. The van der Waals surface area contributed by atoms with E-state index in [9.17, 15) is 26.7 Å². The highest BCUT2D eigenvalue weighted by Gasteiger charge is 2.63. The van der Waals surface area contributed by atoms with Crippen molar-refractivity contribution in [1.29, 1.82) is 0 Å². The molecule has 0 atom stereocenters. The van der Waals surface area contributed by atoms with Crippen LogP contribution in [0.2, 0.25) is 0 Å². The third kappa shape index (κ3) is 2.82. The van der Waals surface area contributed by atoms with E-state index in [1.165, 1.54) is 26.0 Å². The maximum Gasteiger partial charge on any atom is 0.462 e. The number of rotatable bonds is 2. The first-order chi connectivity index (χ1) is 8.07. The van der Waals surface area contributed by atoms with Crippen molar-refractivity contribution in [1.82, 2.24) is 0 Å². The Morgan fingerprint density at radius 2 is 1.50 bits per heavy atom. The fourth-order valence-corrected chi connectivity index (χ4v) is 2.12. The summed E-state index contributed by atoms with van der Waals surface area (Å²) < 4.78 is 61.6. The summed E-state index contributed by atoms with van der Waals surface area (Å²) in [5.74, 6) is -5.34. The molecule has 0 amide bonds. The second-order valence-electron chi connectivity index (χ2n) is 3.68. The van der Waals surface area contributed by atoms with E-state index >= 15 is 0 Å². The van der Waals surface area contributed by atoms with Crippen LogP contribution in [0.3, 0.4) is 0 Å². The highest BCUT2D eigenvalue weighted by atomic mass is 32.2. The number of benzene rings is 1. The predicted octanol–water partition coefficient (Wildman–Crippen LogP) is 4.12. The van der Waals surface area contributed by atoms with E-state index in [-0.39, 0.29) is 16.7 Å². The van der Waals surface area contributed by atoms with Crippen molar-refractivity contribution in [2.45, 2.75) is 30.8 Å². The van der Waals surface area contributed by atoms with Gasteiger partial charge in [-0.2, -0.15) is 22.0 Å². The minimum absolute atomic E-state index is 0.0783. The smallest absolute Gasteiger partial charge is 0.280 e. The van der Waals surface area contributed by atoms with E-state index in [1.807, 2.05) is 0 Å². The molecule has 0 N–H and O–H groups in total. The van der Waals surface area contributed by atoms with Gasteiger partial charge in [0.25, 0.3) is 5.12 Å². The van der Waals surface area contributed by atoms with Crippen molar-refractivity contribution in [3.8, 4) is 0 Å². The predicted molar refractivity (Wildman–Crippen MR) is 57.8 cm³/mol. The van der Waals surface area contributed by atoms with Gasteiger partial charge in [-0.25, -0.2) is 0 Å². The molecule has 0 radical (unpaired) electrons. The zero-order valence-electron chi connectivity index (χ0n) is 9.44. The first-order valence-electron chi connectivity index (χ1n) is 4.80. The summed E-state index contributed by atoms with van der Waals surface area (Å²) in [7, 11) is 0. The van der Waals surface area contributed by atoms with Crippen LogP contribution < -0.4 is 0 Å². The lowest BCUT2D eigenvalue weighted by Crippen LogP contribution is -2.42. The minimum Gasteiger partial charge on any atom is -0.280 e. The molecule has 100 valence electrons. The van der Waals surface area contributed by atoms with Gasteiger partial charge in [0.15, 0.2) is 0 Å². The second kappa shape index (κ2) is 4.87. The highest BCUT2D eigenvalue weighted by molar-refractivity contribution is 8.14. The Hall–Kier alpha value is -1.11. The zero-order chi connectivity index (χ0) is 14.1. The van der Waals surface area contributed by atoms with Crippen molar-refractivity contribution in [2.75, 3.05) is 0 Å². The number of alkyl halides is 5. The fourth-order valence-electron chi connectivity index (χ4n) is 1.23. The average molecular weight is 284 g/mol. The molecule has 0 heterocycles. The van der Waals surface area contributed by atoms with Crippen LogP contribution >= 0.6 is 11.8 Å². The number of aryl methyl sites for hydroxylation is 2. The highest BCUT2D eigenvalue weighted by Crippen LogP contribution is 2.41. The molecule has 0 bridgehead atoms. The van der Waals surface area contributed by atoms with Gasteiger partial charge < -0.3 is 0 Å². The van der Waals surface area contributed by atoms with Crippen molar-refractivity contribution >= 4 is 16.9 Å². The lowest BCUT2D eigenvalue weighted by molar-refractivity contribution is -0.264. The Bertz CT molecular complexity index is 447. The number of carbonyl (C=O) groups is 1. The third-order valence-electron chi connectivity index (χ3n) is 2.22. The lowest BCUT2D eigenvalue weighted by Gasteiger charge is -2.18. The molecule has 18 heavy (non-hydrogen) atoms. The van der Waals surface area contributed by atoms with Crippen molar-refractivity contribution in [2.24, 2.45) is 0 Å². The Balaban J connectivity index is 3.03. The van der Waals surface area contributed by atoms with Crippen LogP contribution in [-0.4, -0.2) is 17.2 Å². The first kappa shape index (κ1) is 14.9. The van der Waals surface area contributed by atoms with Gasteiger partial charge >= 0.3 is 12.1 Å². The summed E-state index contributed by atoms with van der Waals surface area (Å²) in [5.41, 5.74) is 0.956. The topological polar surface area (TPSA) is 17.1 Å². The normalized spacial score (nSPS) is 12.6. The van der Waals surface area contributed by atoms with Crippen LogP contribution in [0.15, 0.2) is 23.1 Å². The molecule has 0 aliphatic heterocycles. The van der Waals surface area contributed by atoms with Gasteiger partial charge in [-0.3, -0.25) is 4.79 Å². The minimum atomic E-state index is -5.87. The Labute approximate surface area is 104 Å². The molecule has 1 rings (SSSR count). The Morgan fingerprint density at radius 1 is 1.06 bits per heavy atom. The molecule has 7 heteroatoms. The maximum absolute atomic E-state index is 12.8. The van der Waals surface area contributed by atoms with Crippen LogP contribution in [0.25, 0.3) is 0 Å². The molecule has 0 saturated heterocycles. The fraction of sp³-hybridized carbons (Fsp3) is 0.364. The van der Waals surface area contributed by atoms with Gasteiger partial charge in [-0.1, -0.05) is 18.2 Å². The average Bonchev–Trinajstić information content (AvgIpc) is 2.21. The van der Waals surface area contributed by atoms with Gasteiger partial charge in [-0.05, 0) is 36.7 Å². The summed E-state index contributed by atoms with van der Waals surface area (Å²) in [6.07, 6.45) is -5.87. The van der Waals surface area contributed by atoms with E-state index in [0.29, 0.717) is 11.1 Å². The van der Waals surface area contributed by atoms with Gasteiger partial charge in [0, 0.05) is 4.90 Å². The quantitative estimate of drug-likeness (QED) is 0.600. The molecule has 1 aromatic rings. The maximum atomic E-state index is 12.8. The Kier molecular flexibility index (Phi) is 4.05. The van der Waals surface area contributed by atoms with Gasteiger partial charge in [0.1, 0.15) is 0 Å². The van der Waals surface area contributed by atoms with E-state index in [4.69, 9.17) is 0 Å². The lowest BCUT2D eigenvalue weighted by atomic mass is 10.2. The largest absolute Gasteiger partial charge is 0.462 e. The molecule has 0 spiro atoms. The van der Waals surface area contributed by atoms with Crippen molar-refractivity contribution < 1.29 is 26.7 Å². The second-order valence-corrected chi connectivity index (χ2v) is 4.67. The number of halogens is 5. The molecule has 0 aliphatic rings. The van der Waals surface area contributed by atoms with Crippen molar-refractivity contribution in [3.63, 3.8) is 0 Å². The van der Waals surface area contributed by atoms with Crippen molar-refractivity contribution in [3.05, 3.63) is 29.3 Å². The van der Waals surface area contributed by atoms with Gasteiger partial charge in [-0.15, -0.1) is 0 Å². The van der Waals surface area contributed by atoms with E-state index in [0.717, 1.165) is 0 Å². The zero-order valence-corrected chi connectivity index (χ0v) is 10.3. The molecular formula is C11H9F5OS. The van der Waals surface area contributed by atoms with Gasteiger partial charge in [0.2, 0.25) is 0 Å². The molecule has 0 aromatic heterocycles. The third-order valence-corrected chi connectivity index (χ3v) is 3.51. The van der Waals surface area contributed by atoms with E-state index < -0.39 is 17.2 Å². The van der Waals surface area contributed by atoms with E-state index in [2.05, 4.69) is 0 Å². The van der Waals surface area contributed by atoms with Crippen LogP contribution in [0.1, 0.15) is 11.1 Å². The summed E-state index contributed by atoms with van der Waals surface area (Å²) in [6.45, 7) is 3.07. The molecule has 0 unspecified atom stereocenters. The standard InChI is InChI=1S/C11H9F5OS/c1-6-4-3-5-7(2)8(6)18-9(17)10(12,13)11(14,15)16/h3-5H,1-2H3.